The maximum absolute atomic E-state index is 6.17. The highest BCUT2D eigenvalue weighted by molar-refractivity contribution is 7.18. The van der Waals surface area contributed by atoms with Gasteiger partial charge in [-0.3, -0.25) is 9.80 Å². The monoisotopic (exact) mass is 410 g/mol. The Labute approximate surface area is 167 Å². The molecule has 0 unspecified atom stereocenters. The van der Waals surface area contributed by atoms with Gasteiger partial charge in [-0.2, -0.15) is 4.98 Å². The van der Waals surface area contributed by atoms with Crippen LogP contribution in [0.2, 0.25) is 5.28 Å². The van der Waals surface area contributed by atoms with Gasteiger partial charge in [-0.15, -0.1) is 0 Å². The highest BCUT2D eigenvalue weighted by atomic mass is 35.5. The number of morpholine rings is 2. The number of aromatic nitrogens is 3. The minimum absolute atomic E-state index is 0.288. The van der Waals surface area contributed by atoms with Crippen molar-refractivity contribution in [3.05, 3.63) is 10.3 Å². The molecule has 27 heavy (non-hydrogen) atoms. The first-order chi connectivity index (χ1) is 13.3. The largest absolute Gasteiger partial charge is 0.379 e. The molecule has 146 valence electrons. The van der Waals surface area contributed by atoms with E-state index in [4.69, 9.17) is 26.1 Å². The van der Waals surface area contributed by atoms with E-state index in [1.54, 1.807) is 11.3 Å². The van der Waals surface area contributed by atoms with Crippen LogP contribution in [0.5, 0.6) is 0 Å². The third-order valence-electron chi connectivity index (χ3n) is 5.43. The number of thiazole rings is 1. The van der Waals surface area contributed by atoms with Crippen LogP contribution in [0.25, 0.3) is 10.3 Å². The predicted molar refractivity (Wildman–Crippen MR) is 105 cm³/mol. The molecule has 0 saturated carbocycles. The van der Waals surface area contributed by atoms with Crippen molar-refractivity contribution < 1.29 is 9.47 Å². The van der Waals surface area contributed by atoms with Crippen LogP contribution in [0.15, 0.2) is 0 Å². The predicted octanol–water partition coefficient (Wildman–Crippen LogP) is 1.09. The molecule has 0 aromatic carbocycles. The third kappa shape index (κ3) is 3.76. The van der Waals surface area contributed by atoms with Crippen LogP contribution in [0, 0.1) is 0 Å². The summed E-state index contributed by atoms with van der Waals surface area (Å²) in [5, 5.41) is 1.37. The van der Waals surface area contributed by atoms with E-state index >= 15 is 0 Å². The standard InChI is InChI=1S/C17H23ClN6O2S/c18-17-20-15(24-3-7-26-8-4-24)14-16(21-17)27-13(19-14)11-22-9-12(10-22)23-1-5-25-6-2-23/h12H,1-11H2. The fourth-order valence-electron chi connectivity index (χ4n) is 3.93. The molecule has 0 radical (unpaired) electrons. The Morgan fingerprint density at radius 1 is 0.963 bits per heavy atom. The van der Waals surface area contributed by atoms with Crippen molar-refractivity contribution >= 4 is 39.1 Å². The minimum Gasteiger partial charge on any atom is -0.379 e. The molecule has 3 aliphatic rings. The first kappa shape index (κ1) is 18.0. The number of ether oxygens (including phenoxy) is 2. The van der Waals surface area contributed by atoms with Crippen LogP contribution >= 0.6 is 22.9 Å². The van der Waals surface area contributed by atoms with E-state index in [1.807, 2.05) is 0 Å². The first-order valence-electron chi connectivity index (χ1n) is 9.46. The lowest BCUT2D eigenvalue weighted by molar-refractivity contribution is -0.0344. The quantitative estimate of drug-likeness (QED) is 0.694. The van der Waals surface area contributed by atoms with Gasteiger partial charge in [0.15, 0.2) is 10.6 Å². The molecule has 3 fully saturated rings. The van der Waals surface area contributed by atoms with Gasteiger partial charge in [-0.05, 0) is 11.6 Å². The molecule has 0 aliphatic carbocycles. The van der Waals surface area contributed by atoms with Crippen LogP contribution in [0.3, 0.4) is 0 Å². The summed E-state index contributed by atoms with van der Waals surface area (Å²) in [6.45, 7) is 9.90. The molecule has 5 heterocycles. The fraction of sp³-hybridized carbons (Fsp3) is 0.706. The lowest BCUT2D eigenvalue weighted by Gasteiger charge is -2.46. The second-order valence-corrected chi connectivity index (χ2v) is 8.57. The van der Waals surface area contributed by atoms with Gasteiger partial charge >= 0.3 is 0 Å². The molecule has 3 aliphatic heterocycles. The highest BCUT2D eigenvalue weighted by Crippen LogP contribution is 2.31. The number of nitrogens with zero attached hydrogens (tertiary/aromatic N) is 6. The zero-order chi connectivity index (χ0) is 18.2. The van der Waals surface area contributed by atoms with E-state index in [1.165, 1.54) is 0 Å². The van der Waals surface area contributed by atoms with Gasteiger partial charge in [-0.25, -0.2) is 9.97 Å². The Balaban J connectivity index is 1.29. The normalized spacial score (nSPS) is 23.1. The number of hydrogen-bond acceptors (Lipinski definition) is 9. The lowest BCUT2D eigenvalue weighted by Crippen LogP contribution is -2.60. The topological polar surface area (TPSA) is 66.9 Å². The van der Waals surface area contributed by atoms with Crippen LogP contribution in [-0.2, 0) is 16.0 Å². The third-order valence-corrected chi connectivity index (χ3v) is 6.53. The Morgan fingerprint density at radius 3 is 2.41 bits per heavy atom. The Hall–Kier alpha value is -1.10. The molecule has 3 saturated heterocycles. The zero-order valence-corrected chi connectivity index (χ0v) is 16.7. The fourth-order valence-corrected chi connectivity index (χ4v) is 5.11. The maximum atomic E-state index is 6.17. The van der Waals surface area contributed by atoms with Gasteiger partial charge in [0.1, 0.15) is 10.5 Å². The Morgan fingerprint density at radius 2 is 1.67 bits per heavy atom. The van der Waals surface area contributed by atoms with E-state index < -0.39 is 0 Å². The van der Waals surface area contributed by atoms with Crippen molar-refractivity contribution in [3.63, 3.8) is 0 Å². The summed E-state index contributed by atoms with van der Waals surface area (Å²) >= 11 is 7.80. The summed E-state index contributed by atoms with van der Waals surface area (Å²) in [4.78, 5) is 21.8. The van der Waals surface area contributed by atoms with Crippen molar-refractivity contribution in [2.45, 2.75) is 12.6 Å². The highest BCUT2D eigenvalue weighted by Gasteiger charge is 2.33. The number of rotatable bonds is 4. The molecular formula is C17H23ClN6O2S. The summed E-state index contributed by atoms with van der Waals surface area (Å²) < 4.78 is 10.9. The van der Waals surface area contributed by atoms with Gasteiger partial charge in [0.25, 0.3) is 0 Å². The van der Waals surface area contributed by atoms with Crippen molar-refractivity contribution in [3.8, 4) is 0 Å². The van der Waals surface area contributed by atoms with Gasteiger partial charge in [0.05, 0.1) is 33.0 Å². The summed E-state index contributed by atoms with van der Waals surface area (Å²) in [6.07, 6.45) is 0. The molecular weight excluding hydrogens is 388 g/mol. The molecule has 0 bridgehead atoms. The van der Waals surface area contributed by atoms with Gasteiger partial charge in [0.2, 0.25) is 5.28 Å². The summed E-state index contributed by atoms with van der Waals surface area (Å²) in [5.74, 6) is 0.839. The summed E-state index contributed by atoms with van der Waals surface area (Å²) in [7, 11) is 0. The van der Waals surface area contributed by atoms with E-state index in [9.17, 15) is 0 Å². The Bertz CT molecular complexity index is 802. The van der Waals surface area contributed by atoms with E-state index in [-0.39, 0.29) is 5.28 Å². The van der Waals surface area contributed by atoms with Crippen LogP contribution in [0.1, 0.15) is 5.01 Å². The van der Waals surface area contributed by atoms with E-state index in [2.05, 4.69) is 24.7 Å². The number of likely N-dealkylation sites (tertiary alicyclic amines) is 1. The van der Waals surface area contributed by atoms with Crippen LogP contribution in [0.4, 0.5) is 5.82 Å². The first-order valence-corrected chi connectivity index (χ1v) is 10.7. The average molecular weight is 411 g/mol. The second kappa shape index (κ2) is 7.73. The average Bonchev–Trinajstić information content (AvgIpc) is 3.07. The lowest BCUT2D eigenvalue weighted by atomic mass is 10.1. The smallest absolute Gasteiger partial charge is 0.225 e. The maximum Gasteiger partial charge on any atom is 0.225 e. The van der Waals surface area contributed by atoms with Crippen molar-refractivity contribution in [2.24, 2.45) is 0 Å². The molecule has 0 spiro atoms. The molecule has 10 heteroatoms. The molecule has 5 rings (SSSR count). The SMILES string of the molecule is Clc1nc(N2CCOCC2)c2nc(CN3CC(N4CCOCC4)C3)sc2n1. The minimum atomic E-state index is 0.288. The van der Waals surface area contributed by atoms with Gasteiger partial charge < -0.3 is 14.4 Å². The van der Waals surface area contributed by atoms with Gasteiger partial charge in [-0.1, -0.05) is 11.3 Å². The van der Waals surface area contributed by atoms with Crippen molar-refractivity contribution in [1.29, 1.82) is 0 Å². The number of anilines is 1. The van der Waals surface area contributed by atoms with Crippen molar-refractivity contribution in [2.75, 3.05) is 70.6 Å². The van der Waals surface area contributed by atoms with Crippen LogP contribution < -0.4 is 4.90 Å². The molecule has 0 N–H and O–H groups in total. The number of fused-ring (bicyclic) bond motifs is 1. The molecule has 0 amide bonds. The molecule has 8 nitrogen and oxygen atoms in total. The number of halogens is 1. The van der Waals surface area contributed by atoms with Crippen molar-refractivity contribution in [1.82, 2.24) is 24.8 Å². The summed E-state index contributed by atoms with van der Waals surface area (Å²) in [6, 6.07) is 0.654. The number of hydrogen-bond donors (Lipinski definition) is 0. The Kier molecular flexibility index (Phi) is 5.14. The molecule has 2 aromatic rings. The molecule has 2 aromatic heterocycles. The van der Waals surface area contributed by atoms with Crippen LogP contribution in [-0.4, -0.2) is 96.5 Å². The zero-order valence-electron chi connectivity index (χ0n) is 15.1. The molecule has 0 atom stereocenters. The second-order valence-electron chi connectivity index (χ2n) is 7.17. The van der Waals surface area contributed by atoms with Gasteiger partial charge in [0, 0.05) is 45.3 Å². The summed E-state index contributed by atoms with van der Waals surface area (Å²) in [5.41, 5.74) is 0.867. The van der Waals surface area contributed by atoms with E-state index in [0.717, 1.165) is 80.2 Å². The van der Waals surface area contributed by atoms with E-state index in [0.29, 0.717) is 19.3 Å².